The average molecular weight is 281 g/mol. The summed E-state index contributed by atoms with van der Waals surface area (Å²) in [7, 11) is 0. The number of aliphatic hydroxyl groups excluding tert-OH is 1. The second-order valence-corrected chi connectivity index (χ2v) is 4.74. The summed E-state index contributed by atoms with van der Waals surface area (Å²) >= 11 is 0. The van der Waals surface area contributed by atoms with Crippen molar-refractivity contribution in [2.24, 2.45) is 0 Å². The molecule has 0 amide bonds. The maximum Gasteiger partial charge on any atom is 0.124 e. The summed E-state index contributed by atoms with van der Waals surface area (Å²) in [6, 6.07) is 8.11. The molecule has 1 aliphatic rings. The second-order valence-electron chi connectivity index (χ2n) is 4.74. The number of hydrogen-bond donors (Lipinski definition) is 2. The molecule has 0 saturated heterocycles. The van der Waals surface area contributed by atoms with E-state index in [9.17, 15) is 5.11 Å². The van der Waals surface area contributed by atoms with Crippen molar-refractivity contribution in [3.63, 3.8) is 0 Å². The van der Waals surface area contributed by atoms with Gasteiger partial charge in [-0.05, 0) is 13.0 Å². The van der Waals surface area contributed by atoms with E-state index in [1.165, 1.54) is 0 Å². The second kappa shape index (κ2) is 8.21. The molecular formula is C15H23NO4. The first-order chi connectivity index (χ1) is 9.81. The maximum absolute atomic E-state index is 9.84. The van der Waals surface area contributed by atoms with Crippen molar-refractivity contribution in [3.8, 4) is 5.75 Å². The number of fused-ring (bicyclic) bond motifs is 1. The molecule has 1 aliphatic heterocycles. The molecule has 5 heteroatoms. The quantitative estimate of drug-likeness (QED) is 0.664. The van der Waals surface area contributed by atoms with E-state index >= 15 is 0 Å². The van der Waals surface area contributed by atoms with Crippen LogP contribution < -0.4 is 10.1 Å². The van der Waals surface area contributed by atoms with Gasteiger partial charge in [-0.15, -0.1) is 0 Å². The van der Waals surface area contributed by atoms with Crippen LogP contribution in [-0.2, 0) is 9.47 Å². The summed E-state index contributed by atoms with van der Waals surface area (Å²) in [5.41, 5.74) is 1.15. The zero-order chi connectivity index (χ0) is 14.2. The molecule has 0 spiro atoms. The highest BCUT2D eigenvalue weighted by Crippen LogP contribution is 2.31. The predicted molar refractivity (Wildman–Crippen MR) is 76.0 cm³/mol. The topological polar surface area (TPSA) is 60.0 Å². The summed E-state index contributed by atoms with van der Waals surface area (Å²) in [5.74, 6) is 0.924. The van der Waals surface area contributed by atoms with Crippen LogP contribution in [0.15, 0.2) is 24.3 Å². The number of aliphatic hydroxyl groups is 1. The fourth-order valence-corrected chi connectivity index (χ4v) is 2.15. The molecule has 0 bridgehead atoms. The fourth-order valence-electron chi connectivity index (χ4n) is 2.15. The van der Waals surface area contributed by atoms with Crippen LogP contribution in [0, 0.1) is 0 Å². The highest BCUT2D eigenvalue weighted by atomic mass is 16.5. The molecule has 1 aromatic rings. The van der Waals surface area contributed by atoms with Gasteiger partial charge in [-0.3, -0.25) is 0 Å². The van der Waals surface area contributed by atoms with Crippen LogP contribution >= 0.6 is 0 Å². The van der Waals surface area contributed by atoms with Gasteiger partial charge in [0.05, 0.1) is 32.0 Å². The van der Waals surface area contributed by atoms with E-state index in [-0.39, 0.29) is 6.04 Å². The van der Waals surface area contributed by atoms with Crippen LogP contribution in [0.2, 0.25) is 0 Å². The zero-order valence-corrected chi connectivity index (χ0v) is 11.9. The minimum absolute atomic E-state index is 0.143. The van der Waals surface area contributed by atoms with Gasteiger partial charge in [-0.25, -0.2) is 0 Å². The Morgan fingerprint density at radius 2 is 2.15 bits per heavy atom. The van der Waals surface area contributed by atoms with E-state index < -0.39 is 6.10 Å². The molecule has 2 rings (SSSR count). The molecule has 2 N–H and O–H groups in total. The molecule has 5 nitrogen and oxygen atoms in total. The first-order valence-corrected chi connectivity index (χ1v) is 7.10. The summed E-state index contributed by atoms with van der Waals surface area (Å²) in [6.45, 7) is 5.12. The van der Waals surface area contributed by atoms with E-state index in [0.29, 0.717) is 39.6 Å². The predicted octanol–water partition coefficient (Wildman–Crippen LogP) is 1.12. The van der Waals surface area contributed by atoms with Gasteiger partial charge < -0.3 is 24.6 Å². The lowest BCUT2D eigenvalue weighted by atomic mass is 10.1. The Balaban J connectivity index is 1.63. The maximum atomic E-state index is 9.84. The van der Waals surface area contributed by atoms with Gasteiger partial charge in [0.15, 0.2) is 0 Å². The lowest BCUT2D eigenvalue weighted by Gasteiger charge is -2.16. The Morgan fingerprint density at radius 3 is 3.00 bits per heavy atom. The van der Waals surface area contributed by atoms with Crippen LogP contribution in [0.1, 0.15) is 18.5 Å². The van der Waals surface area contributed by atoms with E-state index in [0.717, 1.165) is 11.3 Å². The van der Waals surface area contributed by atoms with Crippen LogP contribution in [0.4, 0.5) is 0 Å². The smallest absolute Gasteiger partial charge is 0.124 e. The molecule has 0 aromatic heterocycles. The molecule has 0 aliphatic carbocycles. The molecule has 0 radical (unpaired) electrons. The van der Waals surface area contributed by atoms with Crippen molar-refractivity contribution in [1.29, 1.82) is 0 Å². The lowest BCUT2D eigenvalue weighted by molar-refractivity contribution is 0.00556. The molecule has 20 heavy (non-hydrogen) atoms. The number of benzene rings is 1. The van der Waals surface area contributed by atoms with E-state index in [4.69, 9.17) is 14.2 Å². The highest BCUT2D eigenvalue weighted by molar-refractivity contribution is 5.39. The molecular weight excluding hydrogens is 258 g/mol. The van der Waals surface area contributed by atoms with E-state index in [1.807, 2.05) is 31.2 Å². The number of nitrogens with one attached hydrogen (secondary N) is 1. The van der Waals surface area contributed by atoms with E-state index in [1.54, 1.807) is 0 Å². The standard InChI is InChI=1S/C15H23NO4/c1-2-18-7-8-19-10-12(17)9-16-14-11-20-15-6-4-3-5-13(14)15/h3-6,12,14,16-17H,2,7-11H2,1H3. The van der Waals surface area contributed by atoms with Crippen molar-refractivity contribution in [3.05, 3.63) is 29.8 Å². The van der Waals surface area contributed by atoms with Crippen LogP contribution in [0.3, 0.4) is 0 Å². The summed E-state index contributed by atoms with van der Waals surface area (Å²) in [4.78, 5) is 0. The minimum atomic E-state index is -0.524. The van der Waals surface area contributed by atoms with Crippen LogP contribution in [-0.4, -0.2) is 50.8 Å². The van der Waals surface area contributed by atoms with Gasteiger partial charge in [0, 0.05) is 18.7 Å². The summed E-state index contributed by atoms with van der Waals surface area (Å²) in [6.07, 6.45) is -0.524. The lowest BCUT2D eigenvalue weighted by Crippen LogP contribution is -2.34. The monoisotopic (exact) mass is 281 g/mol. The molecule has 1 aromatic carbocycles. The molecule has 1 heterocycles. The van der Waals surface area contributed by atoms with Crippen LogP contribution in [0.5, 0.6) is 5.75 Å². The summed E-state index contributed by atoms with van der Waals surface area (Å²) in [5, 5.41) is 13.1. The fraction of sp³-hybridized carbons (Fsp3) is 0.600. The Hall–Kier alpha value is -1.14. The molecule has 2 atom stereocenters. The molecule has 0 saturated carbocycles. The highest BCUT2D eigenvalue weighted by Gasteiger charge is 2.23. The van der Waals surface area contributed by atoms with Gasteiger partial charge >= 0.3 is 0 Å². The zero-order valence-electron chi connectivity index (χ0n) is 11.9. The normalized spacial score (nSPS) is 18.6. The van der Waals surface area contributed by atoms with Gasteiger partial charge in [0.2, 0.25) is 0 Å². The van der Waals surface area contributed by atoms with Gasteiger partial charge in [0.1, 0.15) is 12.4 Å². The van der Waals surface area contributed by atoms with Crippen molar-refractivity contribution in [2.75, 3.05) is 39.6 Å². The SMILES string of the molecule is CCOCCOCC(O)CNC1COc2ccccc21. The Kier molecular flexibility index (Phi) is 6.26. The number of para-hydroxylation sites is 1. The first-order valence-electron chi connectivity index (χ1n) is 7.10. The van der Waals surface area contributed by atoms with Gasteiger partial charge in [0.25, 0.3) is 0 Å². The third kappa shape index (κ3) is 4.45. The van der Waals surface area contributed by atoms with E-state index in [2.05, 4.69) is 5.32 Å². The number of rotatable bonds is 9. The molecule has 112 valence electrons. The number of ether oxygens (including phenoxy) is 3. The van der Waals surface area contributed by atoms with Crippen LogP contribution in [0.25, 0.3) is 0 Å². The van der Waals surface area contributed by atoms with Gasteiger partial charge in [-0.2, -0.15) is 0 Å². The first kappa shape index (κ1) is 15.3. The van der Waals surface area contributed by atoms with Crippen molar-refractivity contribution in [1.82, 2.24) is 5.32 Å². The minimum Gasteiger partial charge on any atom is -0.491 e. The Bertz CT molecular complexity index is 399. The number of hydrogen-bond acceptors (Lipinski definition) is 5. The largest absolute Gasteiger partial charge is 0.491 e. The molecule has 0 fully saturated rings. The third-order valence-corrected chi connectivity index (χ3v) is 3.19. The third-order valence-electron chi connectivity index (χ3n) is 3.19. The Morgan fingerprint density at radius 1 is 1.35 bits per heavy atom. The molecule has 2 unspecified atom stereocenters. The van der Waals surface area contributed by atoms with Crippen molar-refractivity contribution >= 4 is 0 Å². The van der Waals surface area contributed by atoms with Crippen molar-refractivity contribution in [2.45, 2.75) is 19.1 Å². The van der Waals surface area contributed by atoms with Crippen molar-refractivity contribution < 1.29 is 19.3 Å². The Labute approximate surface area is 119 Å². The van der Waals surface area contributed by atoms with Gasteiger partial charge in [-0.1, -0.05) is 18.2 Å². The summed E-state index contributed by atoms with van der Waals surface area (Å²) < 4.78 is 16.1. The average Bonchev–Trinajstić information content (AvgIpc) is 2.88.